The van der Waals surface area contributed by atoms with Crippen LogP contribution in [0.15, 0.2) is 82.9 Å². The molecule has 8 nitrogen and oxygen atoms in total. The summed E-state index contributed by atoms with van der Waals surface area (Å²) >= 11 is 1.16. The molecule has 194 valence electrons. The SMILES string of the molecule is COc1ccc(C2=NN(C3=NC(=O)[C@H](CC(=O)Nc4ccccc4OC)S3)[C@@H](c3ccccc3F)C2)cc1. The lowest BCUT2D eigenvalue weighted by molar-refractivity contribution is -0.121. The number of amides is 2. The second kappa shape index (κ2) is 11.1. The minimum absolute atomic E-state index is 0.0815. The lowest BCUT2D eigenvalue weighted by Gasteiger charge is -2.23. The van der Waals surface area contributed by atoms with Crippen LogP contribution in [-0.4, -0.2) is 47.2 Å². The number of rotatable bonds is 7. The minimum atomic E-state index is -0.721. The fraction of sp³-hybridized carbons (Fsp3) is 0.214. The van der Waals surface area contributed by atoms with Gasteiger partial charge in [-0.15, -0.1) is 0 Å². The second-order valence-electron chi connectivity index (χ2n) is 8.65. The molecule has 2 amide bonds. The van der Waals surface area contributed by atoms with Crippen LogP contribution in [0.4, 0.5) is 10.1 Å². The number of halogens is 1. The molecule has 2 heterocycles. The maximum Gasteiger partial charge on any atom is 0.262 e. The average molecular weight is 533 g/mol. The molecular formula is C28H25FN4O4S. The van der Waals surface area contributed by atoms with Crippen molar-refractivity contribution in [1.29, 1.82) is 0 Å². The number of benzene rings is 3. The molecule has 5 rings (SSSR count). The maximum absolute atomic E-state index is 14.9. The van der Waals surface area contributed by atoms with Gasteiger partial charge in [0.25, 0.3) is 5.91 Å². The largest absolute Gasteiger partial charge is 0.497 e. The Morgan fingerprint density at radius 1 is 1.05 bits per heavy atom. The van der Waals surface area contributed by atoms with Gasteiger partial charge in [0, 0.05) is 18.4 Å². The van der Waals surface area contributed by atoms with Crippen molar-refractivity contribution in [3.63, 3.8) is 0 Å². The molecule has 0 radical (unpaired) electrons. The Balaban J connectivity index is 1.36. The zero-order valence-electron chi connectivity index (χ0n) is 20.8. The van der Waals surface area contributed by atoms with Crippen LogP contribution < -0.4 is 14.8 Å². The van der Waals surface area contributed by atoms with E-state index in [9.17, 15) is 14.0 Å². The third-order valence-corrected chi connectivity index (χ3v) is 7.42. The normalized spacial score (nSPS) is 18.7. The van der Waals surface area contributed by atoms with Gasteiger partial charge < -0.3 is 14.8 Å². The van der Waals surface area contributed by atoms with Gasteiger partial charge in [0.2, 0.25) is 5.91 Å². The van der Waals surface area contributed by atoms with E-state index in [1.807, 2.05) is 24.3 Å². The van der Waals surface area contributed by atoms with Crippen LogP contribution in [0.5, 0.6) is 11.5 Å². The van der Waals surface area contributed by atoms with Crippen molar-refractivity contribution in [3.8, 4) is 11.5 Å². The first-order valence-electron chi connectivity index (χ1n) is 11.9. The first kappa shape index (κ1) is 25.5. The minimum Gasteiger partial charge on any atom is -0.497 e. The Hall–Kier alpha value is -4.18. The van der Waals surface area contributed by atoms with Crippen LogP contribution in [0.3, 0.4) is 0 Å². The number of methoxy groups -OCH3 is 2. The molecule has 0 unspecified atom stereocenters. The summed E-state index contributed by atoms with van der Waals surface area (Å²) in [5.41, 5.74) is 2.56. The third kappa shape index (κ3) is 5.26. The number of carbonyl (C=O) groups excluding carboxylic acids is 2. The van der Waals surface area contributed by atoms with E-state index in [-0.39, 0.29) is 18.1 Å². The topological polar surface area (TPSA) is 92.6 Å². The molecule has 0 fully saturated rings. The number of carbonyl (C=O) groups is 2. The molecule has 10 heteroatoms. The van der Waals surface area contributed by atoms with Crippen LogP contribution in [0, 0.1) is 5.82 Å². The molecule has 2 aliphatic heterocycles. The number of hydrazone groups is 1. The molecule has 2 atom stereocenters. The third-order valence-electron chi connectivity index (χ3n) is 6.27. The fourth-order valence-electron chi connectivity index (χ4n) is 4.35. The summed E-state index contributed by atoms with van der Waals surface area (Å²) in [6, 6.07) is 20.5. The molecule has 0 saturated heterocycles. The van der Waals surface area contributed by atoms with Crippen LogP contribution in [0.25, 0.3) is 0 Å². The molecule has 1 N–H and O–H groups in total. The molecule has 0 aliphatic carbocycles. The summed E-state index contributed by atoms with van der Waals surface area (Å²) in [5, 5.41) is 8.76. The van der Waals surface area contributed by atoms with Gasteiger partial charge in [-0.2, -0.15) is 10.1 Å². The number of para-hydroxylation sites is 2. The van der Waals surface area contributed by atoms with E-state index in [4.69, 9.17) is 14.6 Å². The first-order chi connectivity index (χ1) is 18.5. The van der Waals surface area contributed by atoms with Gasteiger partial charge in [0.05, 0.1) is 31.7 Å². The van der Waals surface area contributed by atoms with Gasteiger partial charge in [-0.25, -0.2) is 9.40 Å². The monoisotopic (exact) mass is 532 g/mol. The van der Waals surface area contributed by atoms with E-state index in [1.165, 1.54) is 13.2 Å². The van der Waals surface area contributed by atoms with Gasteiger partial charge in [-0.1, -0.05) is 42.1 Å². The standard InChI is InChI=1S/C28H25FN4O4S/c1-36-18-13-11-17(12-14-18)22-15-23(19-7-3-4-8-20(19)29)33(32-22)28-31-27(35)25(38-28)16-26(34)30-21-9-5-6-10-24(21)37-2/h3-14,23,25H,15-16H2,1-2H3,(H,30,34)/t23-,25+/m1/s1. The zero-order chi connectivity index (χ0) is 26.6. The van der Waals surface area contributed by atoms with Gasteiger partial charge in [0.15, 0.2) is 5.17 Å². The predicted molar refractivity (Wildman–Crippen MR) is 145 cm³/mol. The molecule has 0 saturated carbocycles. The van der Waals surface area contributed by atoms with Crippen molar-refractivity contribution in [3.05, 3.63) is 89.7 Å². The van der Waals surface area contributed by atoms with E-state index in [2.05, 4.69) is 10.3 Å². The molecule has 3 aromatic rings. The van der Waals surface area contributed by atoms with Gasteiger partial charge in [0.1, 0.15) is 22.6 Å². The highest BCUT2D eigenvalue weighted by atomic mass is 32.2. The van der Waals surface area contributed by atoms with Gasteiger partial charge >= 0.3 is 0 Å². The van der Waals surface area contributed by atoms with Crippen molar-refractivity contribution < 1.29 is 23.5 Å². The van der Waals surface area contributed by atoms with Crippen molar-refractivity contribution >= 4 is 40.1 Å². The van der Waals surface area contributed by atoms with Crippen LogP contribution >= 0.6 is 11.8 Å². The van der Waals surface area contributed by atoms with E-state index in [0.717, 1.165) is 23.0 Å². The summed E-state index contributed by atoms with van der Waals surface area (Å²) in [6.07, 6.45) is 0.335. The summed E-state index contributed by atoms with van der Waals surface area (Å²) in [5.74, 6) is 0.0991. The summed E-state index contributed by atoms with van der Waals surface area (Å²) in [7, 11) is 3.11. The Bertz CT molecular complexity index is 1430. The molecule has 3 aromatic carbocycles. The lowest BCUT2D eigenvalue weighted by atomic mass is 9.98. The molecular weight excluding hydrogens is 507 g/mol. The number of amidine groups is 1. The van der Waals surface area contributed by atoms with Crippen LogP contribution in [0.2, 0.25) is 0 Å². The number of hydrogen-bond acceptors (Lipinski definition) is 7. The van der Waals surface area contributed by atoms with Gasteiger partial charge in [-0.05, 0) is 48.0 Å². The fourth-order valence-corrected chi connectivity index (χ4v) is 5.42. The number of hydrogen-bond donors (Lipinski definition) is 1. The van der Waals surface area contributed by atoms with Crippen molar-refractivity contribution in [2.45, 2.75) is 24.1 Å². The summed E-state index contributed by atoms with van der Waals surface area (Å²) in [4.78, 5) is 29.8. The van der Waals surface area contributed by atoms with Crippen LogP contribution in [-0.2, 0) is 9.59 Å². The first-order valence-corrected chi connectivity index (χ1v) is 12.8. The number of nitrogens with zero attached hydrogens (tertiary/aromatic N) is 3. The second-order valence-corrected chi connectivity index (χ2v) is 9.82. The van der Waals surface area contributed by atoms with E-state index in [0.29, 0.717) is 34.3 Å². The van der Waals surface area contributed by atoms with E-state index >= 15 is 0 Å². The Labute approximate surface area is 223 Å². The van der Waals surface area contributed by atoms with Gasteiger partial charge in [-0.3, -0.25) is 9.59 Å². The van der Waals surface area contributed by atoms with E-state index in [1.54, 1.807) is 54.6 Å². The molecule has 38 heavy (non-hydrogen) atoms. The quantitative estimate of drug-likeness (QED) is 0.459. The molecule has 0 spiro atoms. The summed E-state index contributed by atoms with van der Waals surface area (Å²) < 4.78 is 25.4. The highest BCUT2D eigenvalue weighted by molar-refractivity contribution is 8.15. The Morgan fingerprint density at radius 2 is 1.79 bits per heavy atom. The number of anilines is 1. The van der Waals surface area contributed by atoms with Crippen LogP contribution in [0.1, 0.15) is 30.0 Å². The number of thioether (sulfide) groups is 1. The number of ether oxygens (including phenoxy) is 2. The highest BCUT2D eigenvalue weighted by Gasteiger charge is 2.40. The lowest BCUT2D eigenvalue weighted by Crippen LogP contribution is -2.25. The molecule has 0 bridgehead atoms. The van der Waals surface area contributed by atoms with Crippen molar-refractivity contribution in [2.75, 3.05) is 19.5 Å². The van der Waals surface area contributed by atoms with Crippen molar-refractivity contribution in [2.24, 2.45) is 10.1 Å². The Morgan fingerprint density at radius 3 is 2.53 bits per heavy atom. The highest BCUT2D eigenvalue weighted by Crippen LogP contribution is 2.39. The molecule has 2 aliphatic rings. The average Bonchev–Trinajstić information content (AvgIpc) is 3.53. The molecule has 0 aromatic heterocycles. The van der Waals surface area contributed by atoms with Crippen molar-refractivity contribution in [1.82, 2.24) is 5.01 Å². The Kier molecular flexibility index (Phi) is 7.41. The maximum atomic E-state index is 14.9. The summed E-state index contributed by atoms with van der Waals surface area (Å²) in [6.45, 7) is 0. The smallest absolute Gasteiger partial charge is 0.262 e. The van der Waals surface area contributed by atoms with E-state index < -0.39 is 17.2 Å². The number of aliphatic imine (C=N–C) groups is 1. The zero-order valence-corrected chi connectivity index (χ0v) is 21.6. The predicted octanol–water partition coefficient (Wildman–Crippen LogP) is 5.02. The number of nitrogens with one attached hydrogen (secondary N) is 1.